The van der Waals surface area contributed by atoms with Gasteiger partial charge in [0, 0.05) is 12.1 Å². The summed E-state index contributed by atoms with van der Waals surface area (Å²) in [5, 5.41) is 3.43. The van der Waals surface area contributed by atoms with Crippen LogP contribution >= 0.6 is 0 Å². The minimum atomic E-state index is 0.805. The second kappa shape index (κ2) is 6.75. The van der Waals surface area contributed by atoms with Gasteiger partial charge < -0.3 is 5.32 Å². The van der Waals surface area contributed by atoms with Gasteiger partial charge in [0.25, 0.3) is 0 Å². The molecule has 0 aromatic carbocycles. The maximum atomic E-state index is 3.43. The summed E-state index contributed by atoms with van der Waals surface area (Å²) in [7, 11) is 0. The zero-order chi connectivity index (χ0) is 12.1. The van der Waals surface area contributed by atoms with Gasteiger partial charge in [0.15, 0.2) is 0 Å². The monoisotopic (exact) mass is 238 g/mol. The second-order valence-corrected chi connectivity index (χ2v) is 5.98. The Morgan fingerprint density at radius 3 is 2.88 bits per heavy atom. The standard InChI is InChI=1S/C15H30N2/c1-3-16-11-5-7-13(2)17-12-6-9-14-8-4-10-15(14)17/h13-16H,3-12H2,1-2H3. The molecular formula is C15H30N2. The Morgan fingerprint density at radius 2 is 2.06 bits per heavy atom. The van der Waals surface area contributed by atoms with E-state index in [0.717, 1.165) is 24.5 Å². The fourth-order valence-corrected chi connectivity index (χ4v) is 3.90. The quantitative estimate of drug-likeness (QED) is 0.716. The van der Waals surface area contributed by atoms with Gasteiger partial charge in [0.05, 0.1) is 0 Å². The molecule has 2 rings (SSSR count). The molecule has 1 aliphatic carbocycles. The van der Waals surface area contributed by atoms with Crippen molar-refractivity contribution in [3.8, 4) is 0 Å². The first-order chi connectivity index (χ1) is 8.33. The third-order valence-corrected chi connectivity index (χ3v) is 4.83. The summed E-state index contributed by atoms with van der Waals surface area (Å²) in [5.41, 5.74) is 0. The molecule has 0 bridgehead atoms. The van der Waals surface area contributed by atoms with Crippen molar-refractivity contribution in [2.75, 3.05) is 19.6 Å². The van der Waals surface area contributed by atoms with Gasteiger partial charge in [-0.05, 0) is 71.0 Å². The maximum absolute atomic E-state index is 3.43. The summed E-state index contributed by atoms with van der Waals surface area (Å²) in [5.74, 6) is 1.04. The smallest absolute Gasteiger partial charge is 0.0126 e. The van der Waals surface area contributed by atoms with Crippen LogP contribution in [-0.4, -0.2) is 36.6 Å². The number of piperidine rings is 1. The van der Waals surface area contributed by atoms with Gasteiger partial charge >= 0.3 is 0 Å². The number of hydrogen-bond donors (Lipinski definition) is 1. The summed E-state index contributed by atoms with van der Waals surface area (Å²) in [6.07, 6.45) is 10.1. The van der Waals surface area contributed by atoms with Crippen LogP contribution in [0, 0.1) is 5.92 Å². The highest BCUT2D eigenvalue weighted by Crippen LogP contribution is 2.38. The zero-order valence-electron chi connectivity index (χ0n) is 11.8. The van der Waals surface area contributed by atoms with E-state index in [0.29, 0.717) is 0 Å². The predicted octanol–water partition coefficient (Wildman–Crippen LogP) is 3.03. The Balaban J connectivity index is 1.75. The van der Waals surface area contributed by atoms with E-state index in [2.05, 4.69) is 24.1 Å². The molecule has 1 N–H and O–H groups in total. The largest absolute Gasteiger partial charge is 0.317 e. The molecule has 17 heavy (non-hydrogen) atoms. The van der Waals surface area contributed by atoms with Crippen LogP contribution < -0.4 is 5.32 Å². The number of likely N-dealkylation sites (tertiary alicyclic amines) is 1. The van der Waals surface area contributed by atoms with E-state index in [1.165, 1.54) is 58.0 Å². The average Bonchev–Trinajstić information content (AvgIpc) is 2.82. The third kappa shape index (κ3) is 3.45. The van der Waals surface area contributed by atoms with Crippen molar-refractivity contribution in [2.45, 2.75) is 70.9 Å². The van der Waals surface area contributed by atoms with Gasteiger partial charge in [0.2, 0.25) is 0 Å². The van der Waals surface area contributed by atoms with Crippen LogP contribution in [0.3, 0.4) is 0 Å². The highest BCUT2D eigenvalue weighted by molar-refractivity contribution is 4.91. The summed E-state index contributed by atoms with van der Waals surface area (Å²) in [6.45, 7) is 8.32. The molecule has 1 aliphatic heterocycles. The lowest BCUT2D eigenvalue weighted by atomic mass is 9.90. The summed E-state index contributed by atoms with van der Waals surface area (Å²) < 4.78 is 0. The molecule has 100 valence electrons. The number of nitrogens with zero attached hydrogens (tertiary/aromatic N) is 1. The van der Waals surface area contributed by atoms with Crippen molar-refractivity contribution in [1.29, 1.82) is 0 Å². The highest BCUT2D eigenvalue weighted by Gasteiger charge is 2.36. The van der Waals surface area contributed by atoms with E-state index in [-0.39, 0.29) is 0 Å². The fourth-order valence-electron chi connectivity index (χ4n) is 3.90. The lowest BCUT2D eigenvalue weighted by Crippen LogP contribution is -2.47. The molecule has 0 radical (unpaired) electrons. The SMILES string of the molecule is CCNCCCC(C)N1CCCC2CCCC21. The lowest BCUT2D eigenvalue weighted by Gasteiger charge is -2.41. The topological polar surface area (TPSA) is 15.3 Å². The van der Waals surface area contributed by atoms with E-state index in [4.69, 9.17) is 0 Å². The first kappa shape index (κ1) is 13.4. The summed E-state index contributed by atoms with van der Waals surface area (Å²) in [4.78, 5) is 2.84. The normalized spacial score (nSPS) is 31.4. The molecule has 2 nitrogen and oxygen atoms in total. The molecule has 2 aliphatic rings. The predicted molar refractivity (Wildman–Crippen MR) is 74.3 cm³/mol. The Kier molecular flexibility index (Phi) is 5.30. The Morgan fingerprint density at radius 1 is 1.24 bits per heavy atom. The third-order valence-electron chi connectivity index (χ3n) is 4.83. The lowest BCUT2D eigenvalue weighted by molar-refractivity contribution is 0.0701. The molecule has 1 heterocycles. The van der Waals surface area contributed by atoms with E-state index in [9.17, 15) is 0 Å². The van der Waals surface area contributed by atoms with Crippen LogP contribution in [-0.2, 0) is 0 Å². The number of nitrogens with one attached hydrogen (secondary N) is 1. The maximum Gasteiger partial charge on any atom is 0.0126 e. The fraction of sp³-hybridized carbons (Fsp3) is 1.00. The van der Waals surface area contributed by atoms with Gasteiger partial charge in [-0.25, -0.2) is 0 Å². The Hall–Kier alpha value is -0.0800. The second-order valence-electron chi connectivity index (χ2n) is 5.98. The minimum absolute atomic E-state index is 0.805. The van der Waals surface area contributed by atoms with Crippen molar-refractivity contribution in [3.05, 3.63) is 0 Å². The molecule has 1 saturated carbocycles. The molecule has 3 unspecified atom stereocenters. The molecule has 1 saturated heterocycles. The van der Waals surface area contributed by atoms with Crippen molar-refractivity contribution in [1.82, 2.24) is 10.2 Å². The molecule has 2 heteroatoms. The molecule has 0 spiro atoms. The zero-order valence-corrected chi connectivity index (χ0v) is 11.8. The first-order valence-electron chi connectivity index (χ1n) is 7.79. The highest BCUT2D eigenvalue weighted by atomic mass is 15.2. The van der Waals surface area contributed by atoms with Gasteiger partial charge in [0.1, 0.15) is 0 Å². The van der Waals surface area contributed by atoms with Crippen LogP contribution in [0.2, 0.25) is 0 Å². The van der Waals surface area contributed by atoms with Gasteiger partial charge in [-0.2, -0.15) is 0 Å². The number of rotatable bonds is 6. The van der Waals surface area contributed by atoms with E-state index >= 15 is 0 Å². The summed E-state index contributed by atoms with van der Waals surface area (Å²) in [6, 6.07) is 1.75. The van der Waals surface area contributed by atoms with Crippen molar-refractivity contribution < 1.29 is 0 Å². The van der Waals surface area contributed by atoms with Crippen LogP contribution in [0.1, 0.15) is 58.8 Å². The minimum Gasteiger partial charge on any atom is -0.317 e. The number of fused-ring (bicyclic) bond motifs is 1. The Bertz CT molecular complexity index is 217. The van der Waals surface area contributed by atoms with Crippen LogP contribution in [0.25, 0.3) is 0 Å². The van der Waals surface area contributed by atoms with Gasteiger partial charge in [-0.3, -0.25) is 4.90 Å². The van der Waals surface area contributed by atoms with Crippen molar-refractivity contribution in [3.63, 3.8) is 0 Å². The van der Waals surface area contributed by atoms with Gasteiger partial charge in [-0.1, -0.05) is 13.3 Å². The first-order valence-corrected chi connectivity index (χ1v) is 7.79. The van der Waals surface area contributed by atoms with Crippen LogP contribution in [0.15, 0.2) is 0 Å². The van der Waals surface area contributed by atoms with Gasteiger partial charge in [-0.15, -0.1) is 0 Å². The molecule has 2 fully saturated rings. The van der Waals surface area contributed by atoms with E-state index in [1.807, 2.05) is 0 Å². The van der Waals surface area contributed by atoms with Crippen LogP contribution in [0.4, 0.5) is 0 Å². The molecule has 0 aromatic heterocycles. The molecular weight excluding hydrogens is 208 g/mol. The molecule has 0 amide bonds. The average molecular weight is 238 g/mol. The van der Waals surface area contributed by atoms with Crippen molar-refractivity contribution in [2.24, 2.45) is 5.92 Å². The Labute approximate surface area is 107 Å². The molecule has 3 atom stereocenters. The van der Waals surface area contributed by atoms with E-state index in [1.54, 1.807) is 0 Å². The number of hydrogen-bond acceptors (Lipinski definition) is 2. The van der Waals surface area contributed by atoms with Crippen LogP contribution in [0.5, 0.6) is 0 Å². The van der Waals surface area contributed by atoms with Crippen molar-refractivity contribution >= 4 is 0 Å². The summed E-state index contributed by atoms with van der Waals surface area (Å²) >= 11 is 0. The molecule has 0 aromatic rings. The van der Waals surface area contributed by atoms with E-state index < -0.39 is 0 Å².